The summed E-state index contributed by atoms with van der Waals surface area (Å²) in [4.78, 5) is 0. The smallest absolute Gasteiger partial charge is 0.174 e. The summed E-state index contributed by atoms with van der Waals surface area (Å²) in [5.74, 6) is 0.483. The first-order valence-electron chi connectivity index (χ1n) is 13.4. The molecular formula is C35H26FN3O. The summed E-state index contributed by atoms with van der Waals surface area (Å²) < 4.78 is 21.3. The van der Waals surface area contributed by atoms with Gasteiger partial charge in [0.15, 0.2) is 5.76 Å². The van der Waals surface area contributed by atoms with E-state index in [2.05, 4.69) is 107 Å². The molecule has 4 aromatic carbocycles. The van der Waals surface area contributed by atoms with Crippen LogP contribution < -0.4 is 0 Å². The molecular weight excluding hydrogens is 497 g/mol. The van der Waals surface area contributed by atoms with Crippen molar-refractivity contribution in [2.24, 2.45) is 5.92 Å². The van der Waals surface area contributed by atoms with Gasteiger partial charge in [0.25, 0.3) is 0 Å². The van der Waals surface area contributed by atoms with Crippen LogP contribution in [0.15, 0.2) is 144 Å². The van der Waals surface area contributed by atoms with E-state index in [0.29, 0.717) is 5.76 Å². The molecule has 0 aliphatic heterocycles. The molecule has 0 amide bonds. The fourth-order valence-corrected chi connectivity index (χ4v) is 5.90. The van der Waals surface area contributed by atoms with Crippen LogP contribution in [0.4, 0.5) is 4.39 Å². The largest absolute Gasteiger partial charge is 0.355 e. The number of benzene rings is 4. The van der Waals surface area contributed by atoms with Crippen LogP contribution in [0, 0.1) is 11.7 Å². The summed E-state index contributed by atoms with van der Waals surface area (Å²) in [5, 5.41) is 10.1. The van der Waals surface area contributed by atoms with Gasteiger partial charge < -0.3 is 4.52 Å². The second-order valence-corrected chi connectivity index (χ2v) is 10.1. The van der Waals surface area contributed by atoms with Crippen molar-refractivity contribution in [2.75, 3.05) is 0 Å². The predicted molar refractivity (Wildman–Crippen MR) is 156 cm³/mol. The Morgan fingerprint density at radius 2 is 1.48 bits per heavy atom. The van der Waals surface area contributed by atoms with Crippen molar-refractivity contribution in [3.63, 3.8) is 0 Å². The number of hydrogen-bond donors (Lipinski definition) is 0. The molecule has 0 fully saturated rings. The third-order valence-electron chi connectivity index (χ3n) is 7.81. The summed E-state index contributed by atoms with van der Waals surface area (Å²) in [7, 11) is 0. The van der Waals surface area contributed by atoms with Crippen LogP contribution in [-0.2, 0) is 5.54 Å². The Balaban J connectivity index is 1.39. The van der Waals surface area contributed by atoms with Crippen molar-refractivity contribution in [3.05, 3.63) is 157 Å². The average molecular weight is 524 g/mol. The highest BCUT2D eigenvalue weighted by molar-refractivity contribution is 5.94. The van der Waals surface area contributed by atoms with Crippen molar-refractivity contribution in [1.82, 2.24) is 14.9 Å². The van der Waals surface area contributed by atoms with Crippen LogP contribution >= 0.6 is 0 Å². The predicted octanol–water partition coefficient (Wildman–Crippen LogP) is 8.42. The zero-order chi connectivity index (χ0) is 26.9. The quantitative estimate of drug-likeness (QED) is 0.220. The van der Waals surface area contributed by atoms with E-state index in [-0.39, 0.29) is 11.7 Å². The second-order valence-electron chi connectivity index (χ2n) is 10.1. The summed E-state index contributed by atoms with van der Waals surface area (Å²) in [5.41, 5.74) is 5.31. The first-order valence-corrected chi connectivity index (χ1v) is 13.4. The Morgan fingerprint density at radius 3 is 2.15 bits per heavy atom. The maximum Gasteiger partial charge on any atom is 0.174 e. The van der Waals surface area contributed by atoms with E-state index in [1.165, 1.54) is 23.3 Å². The Morgan fingerprint density at radius 1 is 0.775 bits per heavy atom. The Kier molecular flexibility index (Phi) is 5.97. The van der Waals surface area contributed by atoms with Crippen molar-refractivity contribution in [2.45, 2.75) is 12.0 Å². The number of aromatic nitrogens is 3. The van der Waals surface area contributed by atoms with Gasteiger partial charge in [0, 0.05) is 23.2 Å². The number of hydrogen-bond acceptors (Lipinski definition) is 3. The highest BCUT2D eigenvalue weighted by atomic mass is 19.1. The van der Waals surface area contributed by atoms with Gasteiger partial charge in [0.05, 0.1) is 11.6 Å². The maximum absolute atomic E-state index is 13.5. The number of fused-ring (bicyclic) bond motifs is 1. The van der Waals surface area contributed by atoms with Crippen LogP contribution in [0.3, 0.4) is 0 Å². The first kappa shape index (κ1) is 24.0. The van der Waals surface area contributed by atoms with E-state index in [1.54, 1.807) is 12.1 Å². The number of halogens is 1. The third kappa shape index (κ3) is 3.98. The van der Waals surface area contributed by atoms with Crippen molar-refractivity contribution < 1.29 is 8.91 Å². The Bertz CT molecular complexity index is 1790. The number of nitrogens with zero attached hydrogens (tertiary/aromatic N) is 3. The molecule has 7 rings (SSSR count). The average Bonchev–Trinajstić information content (AvgIpc) is 3.68. The number of rotatable bonds is 6. The molecule has 0 radical (unpaired) electrons. The number of allylic oxidation sites excluding steroid dienone is 4. The molecule has 0 saturated heterocycles. The van der Waals surface area contributed by atoms with Crippen LogP contribution in [0.1, 0.15) is 17.5 Å². The lowest BCUT2D eigenvalue weighted by molar-refractivity contribution is 0.293. The van der Waals surface area contributed by atoms with Gasteiger partial charge in [-0.15, -0.1) is 0 Å². The zero-order valence-electron chi connectivity index (χ0n) is 21.7. The minimum Gasteiger partial charge on any atom is -0.355 e. The molecule has 0 N–H and O–H groups in total. The molecule has 0 spiro atoms. The van der Waals surface area contributed by atoms with E-state index < -0.39 is 5.54 Å². The molecule has 2 aromatic heterocycles. The van der Waals surface area contributed by atoms with Crippen LogP contribution in [0.2, 0.25) is 0 Å². The van der Waals surface area contributed by atoms with Crippen LogP contribution in [0.5, 0.6) is 0 Å². The van der Waals surface area contributed by atoms with Crippen molar-refractivity contribution >= 4 is 10.9 Å². The van der Waals surface area contributed by atoms with Crippen LogP contribution in [-0.4, -0.2) is 14.9 Å². The highest BCUT2D eigenvalue weighted by Gasteiger charge is 2.43. The molecule has 6 aromatic rings. The molecule has 40 heavy (non-hydrogen) atoms. The highest BCUT2D eigenvalue weighted by Crippen LogP contribution is 2.44. The van der Waals surface area contributed by atoms with Crippen molar-refractivity contribution in [1.29, 1.82) is 0 Å². The topological polar surface area (TPSA) is 43.9 Å². The lowest BCUT2D eigenvalue weighted by Gasteiger charge is -2.41. The van der Waals surface area contributed by atoms with E-state index in [0.717, 1.165) is 34.0 Å². The fraction of sp³-hybridized carbons (Fsp3) is 0.0857. The molecule has 1 aliphatic carbocycles. The van der Waals surface area contributed by atoms with Crippen molar-refractivity contribution in [3.8, 4) is 22.5 Å². The molecule has 0 bridgehead atoms. The van der Waals surface area contributed by atoms with E-state index >= 15 is 0 Å². The van der Waals surface area contributed by atoms with E-state index in [9.17, 15) is 4.39 Å². The first-order chi connectivity index (χ1) is 19.7. The van der Waals surface area contributed by atoms with Gasteiger partial charge in [-0.3, -0.25) is 4.68 Å². The Labute approximate surface area is 231 Å². The summed E-state index contributed by atoms with van der Waals surface area (Å²) in [6.45, 7) is 0. The summed E-state index contributed by atoms with van der Waals surface area (Å²) in [6.07, 6.45) is 13.7. The monoisotopic (exact) mass is 523 g/mol. The molecule has 5 heteroatoms. The van der Waals surface area contributed by atoms with E-state index in [1.807, 2.05) is 18.3 Å². The fourth-order valence-electron chi connectivity index (χ4n) is 5.90. The minimum atomic E-state index is -0.553. The standard InChI is InChI=1S/C35H26FN3O/c36-31-19-16-25(17-20-31)34-32-22-26(18-21-33(32)38-40-34)27-23-37-39(24-27)35(28-10-4-1-5-11-28,29-12-6-2-7-13-29)30-14-8-3-9-15-30/h1-14,16-24,30H,15H2. The summed E-state index contributed by atoms with van der Waals surface area (Å²) in [6, 6.07) is 33.6. The van der Waals surface area contributed by atoms with Gasteiger partial charge in [0.1, 0.15) is 16.9 Å². The van der Waals surface area contributed by atoms with Gasteiger partial charge in [-0.05, 0) is 59.5 Å². The Hall–Kier alpha value is -5.03. The molecule has 1 aliphatic rings. The van der Waals surface area contributed by atoms with Gasteiger partial charge in [-0.2, -0.15) is 5.10 Å². The van der Waals surface area contributed by atoms with E-state index in [4.69, 9.17) is 9.62 Å². The third-order valence-corrected chi connectivity index (χ3v) is 7.81. The maximum atomic E-state index is 13.5. The molecule has 1 atom stereocenters. The molecule has 0 saturated carbocycles. The minimum absolute atomic E-state index is 0.153. The molecule has 4 nitrogen and oxygen atoms in total. The second kappa shape index (κ2) is 9.93. The van der Waals surface area contributed by atoms with Gasteiger partial charge in [-0.25, -0.2) is 4.39 Å². The van der Waals surface area contributed by atoms with Gasteiger partial charge in [0.2, 0.25) is 0 Å². The normalized spacial score (nSPS) is 15.1. The SMILES string of the molecule is Fc1ccc(-c2onc3ccc(-c4cnn(C(c5ccccc5)(c5ccccc5)C5C=CC=CC5)c4)cc23)cc1. The molecule has 1 unspecified atom stereocenters. The molecule has 194 valence electrons. The lowest BCUT2D eigenvalue weighted by atomic mass is 9.70. The molecule has 2 heterocycles. The lowest BCUT2D eigenvalue weighted by Crippen LogP contribution is -2.43. The summed E-state index contributed by atoms with van der Waals surface area (Å²) >= 11 is 0. The van der Waals surface area contributed by atoms with Crippen LogP contribution in [0.25, 0.3) is 33.4 Å². The zero-order valence-corrected chi connectivity index (χ0v) is 21.7. The van der Waals surface area contributed by atoms with Gasteiger partial charge in [-0.1, -0.05) is 96.2 Å². The van der Waals surface area contributed by atoms with Gasteiger partial charge >= 0.3 is 0 Å².